The van der Waals surface area contributed by atoms with E-state index in [9.17, 15) is 0 Å². The van der Waals surface area contributed by atoms with Crippen molar-refractivity contribution in [1.82, 2.24) is 5.43 Å². The summed E-state index contributed by atoms with van der Waals surface area (Å²) in [7, 11) is 0. The molecule has 3 heteroatoms. The van der Waals surface area contributed by atoms with Gasteiger partial charge < -0.3 is 0 Å². The fraction of sp³-hybridized carbons (Fsp3) is 0.333. The lowest BCUT2D eigenvalue weighted by atomic mass is 9.78. The fourth-order valence-electron chi connectivity index (χ4n) is 3.35. The molecule has 0 spiro atoms. The molecule has 2 nitrogen and oxygen atoms in total. The van der Waals surface area contributed by atoms with Crippen molar-refractivity contribution in [3.8, 4) is 0 Å². The van der Waals surface area contributed by atoms with Gasteiger partial charge in [-0.1, -0.05) is 48.0 Å². The van der Waals surface area contributed by atoms with Gasteiger partial charge in [-0.05, 0) is 60.4 Å². The van der Waals surface area contributed by atoms with Crippen molar-refractivity contribution in [3.63, 3.8) is 0 Å². The highest BCUT2D eigenvalue weighted by Gasteiger charge is 2.25. The Kier molecular flexibility index (Phi) is 4.59. The van der Waals surface area contributed by atoms with Gasteiger partial charge in [0.1, 0.15) is 0 Å². The lowest BCUT2D eigenvalue weighted by Crippen LogP contribution is -2.44. The summed E-state index contributed by atoms with van der Waals surface area (Å²) in [5.74, 6) is 6.40. The number of rotatable bonds is 4. The van der Waals surface area contributed by atoms with Crippen LogP contribution in [0.1, 0.15) is 23.1 Å². The number of nitrogens with two attached hydrogens (primary N) is 1. The van der Waals surface area contributed by atoms with Crippen LogP contribution in [0.4, 0.5) is 0 Å². The van der Waals surface area contributed by atoms with Crippen LogP contribution in [-0.4, -0.2) is 6.04 Å². The minimum atomic E-state index is 0.289. The van der Waals surface area contributed by atoms with Gasteiger partial charge in [0.15, 0.2) is 0 Å². The van der Waals surface area contributed by atoms with Gasteiger partial charge in [0.25, 0.3) is 0 Å². The average molecular weight is 301 g/mol. The van der Waals surface area contributed by atoms with Gasteiger partial charge in [-0.15, -0.1) is 0 Å². The number of benzene rings is 2. The number of hydrogen-bond donors (Lipinski definition) is 2. The molecule has 0 radical (unpaired) electrons. The van der Waals surface area contributed by atoms with Crippen molar-refractivity contribution in [2.45, 2.75) is 31.7 Å². The third-order valence-corrected chi connectivity index (χ3v) is 4.75. The van der Waals surface area contributed by atoms with Crippen molar-refractivity contribution in [2.24, 2.45) is 11.8 Å². The molecule has 110 valence electrons. The second-order valence-corrected chi connectivity index (χ2v) is 6.32. The Labute approximate surface area is 131 Å². The Morgan fingerprint density at radius 1 is 1.14 bits per heavy atom. The molecule has 0 fully saturated rings. The van der Waals surface area contributed by atoms with Crippen LogP contribution < -0.4 is 11.3 Å². The van der Waals surface area contributed by atoms with E-state index in [0.29, 0.717) is 5.92 Å². The van der Waals surface area contributed by atoms with E-state index in [-0.39, 0.29) is 6.04 Å². The van der Waals surface area contributed by atoms with Gasteiger partial charge in [-0.3, -0.25) is 11.3 Å². The van der Waals surface area contributed by atoms with Crippen LogP contribution in [0, 0.1) is 5.92 Å². The summed E-state index contributed by atoms with van der Waals surface area (Å²) in [5.41, 5.74) is 7.23. The summed E-state index contributed by atoms with van der Waals surface area (Å²) in [6, 6.07) is 17.1. The lowest BCUT2D eigenvalue weighted by Gasteiger charge is -2.31. The van der Waals surface area contributed by atoms with Crippen LogP contribution >= 0.6 is 11.6 Å². The molecule has 0 saturated carbocycles. The SMILES string of the molecule is NNC(Cc1cccc(Cl)c1)C1CCc2ccccc2C1. The Hall–Kier alpha value is -1.35. The molecule has 0 aromatic heterocycles. The lowest BCUT2D eigenvalue weighted by molar-refractivity contribution is 0.321. The largest absolute Gasteiger partial charge is 0.271 e. The second-order valence-electron chi connectivity index (χ2n) is 5.88. The minimum Gasteiger partial charge on any atom is -0.271 e. The average Bonchev–Trinajstić information content (AvgIpc) is 2.52. The summed E-state index contributed by atoms with van der Waals surface area (Å²) < 4.78 is 0. The molecule has 1 aliphatic carbocycles. The molecule has 0 heterocycles. The molecule has 21 heavy (non-hydrogen) atoms. The summed E-state index contributed by atoms with van der Waals surface area (Å²) in [5, 5.41) is 0.789. The van der Waals surface area contributed by atoms with Crippen LogP contribution in [0.2, 0.25) is 5.02 Å². The molecular weight excluding hydrogens is 280 g/mol. The quantitative estimate of drug-likeness (QED) is 0.670. The zero-order valence-corrected chi connectivity index (χ0v) is 12.8. The van der Waals surface area contributed by atoms with Gasteiger partial charge in [0.05, 0.1) is 0 Å². The second kappa shape index (κ2) is 6.61. The van der Waals surface area contributed by atoms with Crippen molar-refractivity contribution < 1.29 is 0 Å². The zero-order valence-electron chi connectivity index (χ0n) is 12.1. The number of hydrogen-bond acceptors (Lipinski definition) is 2. The minimum absolute atomic E-state index is 0.289. The Morgan fingerprint density at radius 3 is 2.71 bits per heavy atom. The summed E-state index contributed by atoms with van der Waals surface area (Å²) in [6.45, 7) is 0. The zero-order chi connectivity index (χ0) is 14.7. The van der Waals surface area contributed by atoms with Gasteiger partial charge in [-0.25, -0.2) is 0 Å². The molecule has 0 saturated heterocycles. The molecule has 3 N–H and O–H groups in total. The van der Waals surface area contributed by atoms with Gasteiger partial charge >= 0.3 is 0 Å². The van der Waals surface area contributed by atoms with Crippen LogP contribution in [-0.2, 0) is 19.3 Å². The van der Waals surface area contributed by atoms with E-state index in [4.69, 9.17) is 17.4 Å². The van der Waals surface area contributed by atoms with Gasteiger partial charge in [0, 0.05) is 11.1 Å². The Balaban J connectivity index is 1.73. The highest BCUT2D eigenvalue weighted by atomic mass is 35.5. The number of halogens is 1. The molecular formula is C18H21ClN2. The van der Waals surface area contributed by atoms with Crippen LogP contribution in [0.25, 0.3) is 0 Å². The van der Waals surface area contributed by atoms with Crippen molar-refractivity contribution in [3.05, 3.63) is 70.2 Å². The first-order chi connectivity index (χ1) is 10.3. The van der Waals surface area contributed by atoms with Crippen LogP contribution in [0.3, 0.4) is 0 Å². The third kappa shape index (κ3) is 3.46. The molecule has 1 aliphatic rings. The van der Waals surface area contributed by atoms with E-state index in [1.165, 1.54) is 23.1 Å². The highest BCUT2D eigenvalue weighted by molar-refractivity contribution is 6.30. The number of nitrogens with one attached hydrogen (secondary N) is 1. The summed E-state index contributed by atoms with van der Waals surface area (Å²) in [4.78, 5) is 0. The number of hydrazine groups is 1. The smallest absolute Gasteiger partial charge is 0.0408 e. The Bertz CT molecular complexity index is 612. The highest BCUT2D eigenvalue weighted by Crippen LogP contribution is 2.28. The van der Waals surface area contributed by atoms with Crippen LogP contribution in [0.15, 0.2) is 48.5 Å². The van der Waals surface area contributed by atoms with E-state index in [0.717, 1.165) is 24.3 Å². The summed E-state index contributed by atoms with van der Waals surface area (Å²) >= 11 is 6.07. The first kappa shape index (κ1) is 14.6. The van der Waals surface area contributed by atoms with Gasteiger partial charge in [-0.2, -0.15) is 0 Å². The molecule has 2 aromatic rings. The van der Waals surface area contributed by atoms with Crippen LogP contribution in [0.5, 0.6) is 0 Å². The van der Waals surface area contributed by atoms with Crippen molar-refractivity contribution in [1.29, 1.82) is 0 Å². The first-order valence-corrected chi connectivity index (χ1v) is 7.91. The standard InChI is InChI=1S/C18H21ClN2/c19-17-7-3-4-13(10-17)11-18(21-20)16-9-8-14-5-1-2-6-15(14)12-16/h1-7,10,16,18,21H,8-9,11-12,20H2. The predicted octanol–water partition coefficient (Wildman–Crippen LogP) is 3.52. The molecule has 2 atom stereocenters. The summed E-state index contributed by atoms with van der Waals surface area (Å²) in [6.07, 6.45) is 4.36. The number of fused-ring (bicyclic) bond motifs is 1. The first-order valence-electron chi connectivity index (χ1n) is 7.53. The molecule has 2 aromatic carbocycles. The molecule has 0 amide bonds. The monoisotopic (exact) mass is 300 g/mol. The normalized spacial score (nSPS) is 19.0. The van der Waals surface area contributed by atoms with Gasteiger partial charge in [0.2, 0.25) is 0 Å². The molecule has 0 aliphatic heterocycles. The third-order valence-electron chi connectivity index (χ3n) is 4.51. The van der Waals surface area contributed by atoms with E-state index in [2.05, 4.69) is 35.8 Å². The van der Waals surface area contributed by atoms with E-state index < -0.39 is 0 Å². The maximum Gasteiger partial charge on any atom is 0.0408 e. The van der Waals surface area contributed by atoms with Crippen molar-refractivity contribution in [2.75, 3.05) is 0 Å². The Morgan fingerprint density at radius 2 is 1.95 bits per heavy atom. The van der Waals surface area contributed by atoms with Crippen molar-refractivity contribution >= 4 is 11.6 Å². The molecule has 2 unspecified atom stereocenters. The van der Waals surface area contributed by atoms with E-state index in [1.54, 1.807) is 0 Å². The predicted molar refractivity (Wildman–Crippen MR) is 88.2 cm³/mol. The van der Waals surface area contributed by atoms with E-state index >= 15 is 0 Å². The van der Waals surface area contributed by atoms with E-state index in [1.807, 2.05) is 18.2 Å². The topological polar surface area (TPSA) is 38.0 Å². The maximum absolute atomic E-state index is 6.07. The fourth-order valence-corrected chi connectivity index (χ4v) is 3.56. The number of aryl methyl sites for hydroxylation is 1. The maximum atomic E-state index is 6.07. The molecule has 0 bridgehead atoms. The molecule has 3 rings (SSSR count).